The van der Waals surface area contributed by atoms with Gasteiger partial charge in [-0.15, -0.1) is 0 Å². The van der Waals surface area contributed by atoms with E-state index in [0.29, 0.717) is 13.2 Å². The van der Waals surface area contributed by atoms with E-state index >= 15 is 0 Å². The highest BCUT2D eigenvalue weighted by atomic mass is 16.5. The summed E-state index contributed by atoms with van der Waals surface area (Å²) in [5.41, 5.74) is -0.497. The van der Waals surface area contributed by atoms with Crippen LogP contribution in [0.2, 0.25) is 0 Å². The van der Waals surface area contributed by atoms with Crippen LogP contribution in [0.25, 0.3) is 0 Å². The van der Waals surface area contributed by atoms with Crippen molar-refractivity contribution in [3.05, 3.63) is 0 Å². The van der Waals surface area contributed by atoms with Gasteiger partial charge < -0.3 is 14.9 Å². The van der Waals surface area contributed by atoms with E-state index in [1.165, 1.54) is 77.0 Å². The van der Waals surface area contributed by atoms with Crippen LogP contribution >= 0.6 is 0 Å². The molecule has 0 rings (SSSR count). The molecule has 0 radical (unpaired) electrons. The Labute approximate surface area is 195 Å². The van der Waals surface area contributed by atoms with Crippen LogP contribution in [0.3, 0.4) is 0 Å². The zero-order valence-corrected chi connectivity index (χ0v) is 22.2. The topological polar surface area (TPSA) is 49.7 Å². The zero-order valence-electron chi connectivity index (χ0n) is 22.2. The minimum absolute atomic E-state index is 0.248. The lowest BCUT2D eigenvalue weighted by molar-refractivity contribution is -0.0729. The van der Waals surface area contributed by atoms with Gasteiger partial charge in [0.15, 0.2) is 0 Å². The minimum atomic E-state index is -0.330. The fourth-order valence-electron chi connectivity index (χ4n) is 4.14. The first-order chi connectivity index (χ1) is 14.7. The first-order valence-corrected chi connectivity index (χ1v) is 13.6. The van der Waals surface area contributed by atoms with Gasteiger partial charge in [0.05, 0.1) is 25.4 Å². The van der Waals surface area contributed by atoms with Gasteiger partial charge in [-0.05, 0) is 12.8 Å². The minimum Gasteiger partial charge on any atom is -0.392 e. The van der Waals surface area contributed by atoms with E-state index in [9.17, 15) is 10.2 Å². The Morgan fingerprint density at radius 1 is 0.516 bits per heavy atom. The quantitative estimate of drug-likeness (QED) is 0.167. The van der Waals surface area contributed by atoms with E-state index in [-0.39, 0.29) is 23.0 Å². The number of aliphatic hydroxyl groups excluding tert-OH is 2. The molecule has 3 nitrogen and oxygen atoms in total. The predicted octanol–water partition coefficient (Wildman–Crippen LogP) is 8.06. The van der Waals surface area contributed by atoms with E-state index in [2.05, 4.69) is 41.5 Å². The van der Waals surface area contributed by atoms with Crippen LogP contribution in [0.5, 0.6) is 0 Å². The first-order valence-electron chi connectivity index (χ1n) is 13.6. The van der Waals surface area contributed by atoms with E-state index in [1.54, 1.807) is 0 Å². The second-order valence-corrected chi connectivity index (χ2v) is 11.3. The third kappa shape index (κ3) is 16.2. The van der Waals surface area contributed by atoms with Crippen LogP contribution < -0.4 is 0 Å². The third-order valence-corrected chi connectivity index (χ3v) is 6.91. The Kier molecular flexibility index (Phi) is 18.3. The van der Waals surface area contributed by atoms with Gasteiger partial charge in [0.1, 0.15) is 0 Å². The Bertz CT molecular complexity index is 356. The molecule has 2 atom stereocenters. The molecule has 3 heteroatoms. The van der Waals surface area contributed by atoms with Crippen molar-refractivity contribution in [1.29, 1.82) is 0 Å². The van der Waals surface area contributed by atoms with Crippen LogP contribution in [0.4, 0.5) is 0 Å². The highest BCUT2D eigenvalue weighted by molar-refractivity contribution is 4.81. The summed E-state index contributed by atoms with van der Waals surface area (Å²) in [5, 5.41) is 21.3. The molecule has 0 aromatic carbocycles. The molecule has 31 heavy (non-hydrogen) atoms. The van der Waals surface area contributed by atoms with Crippen LogP contribution in [0.1, 0.15) is 144 Å². The van der Waals surface area contributed by atoms with Crippen molar-refractivity contribution in [2.45, 2.75) is 156 Å². The predicted molar refractivity (Wildman–Crippen MR) is 136 cm³/mol. The molecule has 0 heterocycles. The molecule has 188 valence electrons. The third-order valence-electron chi connectivity index (χ3n) is 6.91. The average Bonchev–Trinajstić information content (AvgIpc) is 2.71. The SMILES string of the molecule is CCCCCCCCCC(O)C(C)(C)COCC(C)(C)C(O)CCCCCCCCC. The first kappa shape index (κ1) is 30.9. The normalized spacial score (nSPS) is 14.7. The zero-order chi connectivity index (χ0) is 23.6. The van der Waals surface area contributed by atoms with Crippen LogP contribution in [-0.4, -0.2) is 35.6 Å². The van der Waals surface area contributed by atoms with Crippen LogP contribution in [-0.2, 0) is 4.74 Å². The Morgan fingerprint density at radius 2 is 0.806 bits per heavy atom. The summed E-state index contributed by atoms with van der Waals surface area (Å²) in [6.07, 6.45) is 18.9. The molecule has 0 aromatic heterocycles. The summed E-state index contributed by atoms with van der Waals surface area (Å²) in [5.74, 6) is 0. The maximum absolute atomic E-state index is 10.6. The van der Waals surface area contributed by atoms with E-state index in [0.717, 1.165) is 25.7 Å². The van der Waals surface area contributed by atoms with Crippen molar-refractivity contribution < 1.29 is 14.9 Å². The molecule has 0 bridgehead atoms. The number of rotatable bonds is 22. The molecule has 0 aliphatic heterocycles. The van der Waals surface area contributed by atoms with Crippen molar-refractivity contribution in [2.75, 3.05) is 13.2 Å². The molecule has 0 spiro atoms. The van der Waals surface area contributed by atoms with E-state index in [1.807, 2.05) is 0 Å². The van der Waals surface area contributed by atoms with E-state index in [4.69, 9.17) is 4.74 Å². The number of aliphatic hydroxyl groups is 2. The maximum Gasteiger partial charge on any atom is 0.0613 e. The molecule has 0 aromatic rings. The number of unbranched alkanes of at least 4 members (excludes halogenated alkanes) is 12. The molecule has 2 N–H and O–H groups in total. The number of hydrogen-bond acceptors (Lipinski definition) is 3. The molecule has 0 saturated heterocycles. The van der Waals surface area contributed by atoms with Gasteiger partial charge in [0, 0.05) is 10.8 Å². The average molecular weight is 443 g/mol. The van der Waals surface area contributed by atoms with Crippen molar-refractivity contribution in [3.8, 4) is 0 Å². The highest BCUT2D eigenvalue weighted by Crippen LogP contribution is 2.29. The second-order valence-electron chi connectivity index (χ2n) is 11.3. The lowest BCUT2D eigenvalue weighted by Crippen LogP contribution is -2.38. The fraction of sp³-hybridized carbons (Fsp3) is 1.00. The molecule has 0 saturated carbocycles. The number of ether oxygens (including phenoxy) is 1. The fourth-order valence-corrected chi connectivity index (χ4v) is 4.14. The lowest BCUT2D eigenvalue weighted by Gasteiger charge is -2.34. The Morgan fingerprint density at radius 3 is 1.13 bits per heavy atom. The maximum atomic E-state index is 10.6. The monoisotopic (exact) mass is 442 g/mol. The summed E-state index contributed by atoms with van der Waals surface area (Å²) in [6, 6.07) is 0. The van der Waals surface area contributed by atoms with Gasteiger partial charge in [0.25, 0.3) is 0 Å². The summed E-state index contributed by atoms with van der Waals surface area (Å²) in [4.78, 5) is 0. The van der Waals surface area contributed by atoms with Gasteiger partial charge in [-0.2, -0.15) is 0 Å². The summed E-state index contributed by atoms with van der Waals surface area (Å²) in [6.45, 7) is 14.0. The van der Waals surface area contributed by atoms with Crippen LogP contribution in [0, 0.1) is 10.8 Å². The number of hydrogen-bond donors (Lipinski definition) is 2. The molecule has 0 amide bonds. The van der Waals surface area contributed by atoms with Crippen LogP contribution in [0.15, 0.2) is 0 Å². The molecule has 0 aliphatic carbocycles. The Balaban J connectivity index is 4.00. The Hall–Kier alpha value is -0.120. The largest absolute Gasteiger partial charge is 0.392 e. The van der Waals surface area contributed by atoms with E-state index < -0.39 is 0 Å². The van der Waals surface area contributed by atoms with Gasteiger partial charge in [-0.1, -0.05) is 131 Å². The van der Waals surface area contributed by atoms with Crippen molar-refractivity contribution >= 4 is 0 Å². The summed E-state index contributed by atoms with van der Waals surface area (Å²) < 4.78 is 6.03. The summed E-state index contributed by atoms with van der Waals surface area (Å²) >= 11 is 0. The smallest absolute Gasteiger partial charge is 0.0613 e. The van der Waals surface area contributed by atoms with Gasteiger partial charge in [-0.25, -0.2) is 0 Å². The van der Waals surface area contributed by atoms with Crippen molar-refractivity contribution in [2.24, 2.45) is 10.8 Å². The molecular weight excluding hydrogens is 384 g/mol. The highest BCUT2D eigenvalue weighted by Gasteiger charge is 2.31. The standard InChI is InChI=1S/C28H58O3/c1-7-9-11-13-15-17-19-21-25(29)27(3,4)23-31-24-28(5,6)26(30)22-20-18-16-14-12-10-8-2/h25-26,29-30H,7-24H2,1-6H3. The molecule has 0 fully saturated rings. The molecule has 0 aliphatic rings. The lowest BCUT2D eigenvalue weighted by atomic mass is 9.83. The van der Waals surface area contributed by atoms with Crippen molar-refractivity contribution in [3.63, 3.8) is 0 Å². The van der Waals surface area contributed by atoms with Crippen molar-refractivity contribution in [1.82, 2.24) is 0 Å². The second kappa shape index (κ2) is 18.3. The van der Waals surface area contributed by atoms with Gasteiger partial charge in [0.2, 0.25) is 0 Å². The molecule has 2 unspecified atom stereocenters. The summed E-state index contributed by atoms with van der Waals surface area (Å²) in [7, 11) is 0. The van der Waals surface area contributed by atoms with Gasteiger partial charge in [-0.3, -0.25) is 0 Å². The van der Waals surface area contributed by atoms with Gasteiger partial charge >= 0.3 is 0 Å². The molecular formula is C28H58O3.